The summed E-state index contributed by atoms with van der Waals surface area (Å²) in [5, 5.41) is 10.9. The highest BCUT2D eigenvalue weighted by Gasteiger charge is 2.51. The summed E-state index contributed by atoms with van der Waals surface area (Å²) < 4.78 is 13.6. The number of rotatable bonds is 14. The van der Waals surface area contributed by atoms with Crippen LogP contribution < -0.4 is 21.0 Å². The lowest BCUT2D eigenvalue weighted by atomic mass is 10.0. The van der Waals surface area contributed by atoms with Crippen molar-refractivity contribution in [3.8, 4) is 0 Å². The molecular weight excluding hydrogens is 818 g/mol. The van der Waals surface area contributed by atoms with E-state index in [1.54, 1.807) is 6.07 Å². The van der Waals surface area contributed by atoms with E-state index in [9.17, 15) is 9.59 Å². The number of hydrogen-bond donors (Lipinski definition) is 3. The minimum atomic E-state index is -2.73. The molecule has 0 radical (unpaired) electrons. The molecule has 2 amide bonds. The van der Waals surface area contributed by atoms with Crippen molar-refractivity contribution in [2.45, 2.75) is 89.7 Å². The summed E-state index contributed by atoms with van der Waals surface area (Å²) in [5.74, 6) is -0.295. The van der Waals surface area contributed by atoms with Crippen molar-refractivity contribution in [1.82, 2.24) is 25.5 Å². The molecule has 318 valence electrons. The minimum Gasteiger partial charge on any atom is -0.406 e. The lowest BCUT2D eigenvalue weighted by Gasteiger charge is -2.47. The smallest absolute Gasteiger partial charge is 0.280 e. The van der Waals surface area contributed by atoms with Gasteiger partial charge in [-0.15, -0.1) is 11.3 Å². The van der Waals surface area contributed by atoms with Gasteiger partial charge >= 0.3 is 0 Å². The van der Waals surface area contributed by atoms with Crippen LogP contribution in [0.15, 0.2) is 115 Å². The molecule has 3 heterocycles. The zero-order valence-corrected chi connectivity index (χ0v) is 38.2. The second kappa shape index (κ2) is 18.0. The molecule has 0 saturated heterocycles. The number of halogens is 1. The number of amides is 2. The number of carbonyl (C=O) groups excluding carboxylic acids is 2. The fraction of sp³-hybridized carbons (Fsp3) is 0.367. The van der Waals surface area contributed by atoms with Crippen molar-refractivity contribution in [2.24, 2.45) is 5.92 Å². The summed E-state index contributed by atoms with van der Waals surface area (Å²) in [6.07, 6.45) is 2.10. The van der Waals surface area contributed by atoms with Crippen LogP contribution >= 0.6 is 22.9 Å². The normalized spacial score (nSPS) is 18.6. The largest absolute Gasteiger partial charge is 0.406 e. The van der Waals surface area contributed by atoms with Gasteiger partial charge in [0.1, 0.15) is 5.69 Å². The Balaban J connectivity index is 0.955. The molecule has 3 unspecified atom stereocenters. The van der Waals surface area contributed by atoms with Crippen LogP contribution in [0, 0.1) is 5.92 Å². The van der Waals surface area contributed by atoms with Crippen molar-refractivity contribution in [2.75, 3.05) is 19.8 Å². The maximum Gasteiger partial charge on any atom is 0.280 e. The SMILES string of the molecule is CC(C)(CO[Si](c1ccccc1)(c1ccccc1)C(C)(C)C)N1CCc2nc(C(=O)NC3CC(COCc4ccccc4)CC3NC(=O)c3cc4cc(Cl)ccc4[nH]3)sc2C1. The molecule has 1 saturated carbocycles. The molecule has 6 aromatic rings. The van der Waals surface area contributed by atoms with Crippen LogP contribution in [0.1, 0.15) is 83.9 Å². The van der Waals surface area contributed by atoms with Crippen molar-refractivity contribution in [3.63, 3.8) is 0 Å². The summed E-state index contributed by atoms with van der Waals surface area (Å²) in [6.45, 7) is 14.6. The molecule has 2 aliphatic rings. The first-order valence-electron chi connectivity index (χ1n) is 21.3. The van der Waals surface area contributed by atoms with Crippen molar-refractivity contribution in [3.05, 3.63) is 147 Å². The Hall–Kier alpha value is -4.62. The summed E-state index contributed by atoms with van der Waals surface area (Å²) in [4.78, 5) is 39.4. The summed E-state index contributed by atoms with van der Waals surface area (Å²) in [7, 11) is -2.73. The van der Waals surface area contributed by atoms with Gasteiger partial charge in [-0.25, -0.2) is 4.98 Å². The molecule has 9 nitrogen and oxygen atoms in total. The Bertz CT molecular complexity index is 2410. The maximum absolute atomic E-state index is 14.1. The van der Waals surface area contributed by atoms with E-state index in [2.05, 4.69) is 116 Å². The van der Waals surface area contributed by atoms with Crippen molar-refractivity contribution < 1.29 is 18.8 Å². The van der Waals surface area contributed by atoms with Crippen molar-refractivity contribution in [1.29, 1.82) is 0 Å². The topological polar surface area (TPSA) is 109 Å². The Morgan fingerprint density at radius 2 is 1.48 bits per heavy atom. The van der Waals surface area contributed by atoms with E-state index in [1.165, 1.54) is 21.7 Å². The number of aromatic amines is 1. The zero-order valence-electron chi connectivity index (χ0n) is 35.7. The predicted octanol–water partition coefficient (Wildman–Crippen LogP) is 8.51. The van der Waals surface area contributed by atoms with Crippen LogP contribution in [0.4, 0.5) is 0 Å². The van der Waals surface area contributed by atoms with Gasteiger partial charge in [-0.05, 0) is 77.8 Å². The molecule has 0 spiro atoms. The molecule has 3 N–H and O–H groups in total. The fourth-order valence-corrected chi connectivity index (χ4v) is 15.1. The van der Waals surface area contributed by atoms with Gasteiger partial charge in [-0.2, -0.15) is 0 Å². The zero-order chi connectivity index (χ0) is 42.8. The van der Waals surface area contributed by atoms with Crippen LogP contribution in [-0.4, -0.2) is 72.4 Å². The number of aromatic nitrogens is 2. The molecule has 12 heteroatoms. The van der Waals surface area contributed by atoms with E-state index in [4.69, 9.17) is 25.7 Å². The average molecular weight is 875 g/mol. The van der Waals surface area contributed by atoms with Gasteiger partial charge in [0.05, 0.1) is 18.9 Å². The molecule has 2 aromatic heterocycles. The van der Waals surface area contributed by atoms with E-state index in [0.717, 1.165) is 40.0 Å². The lowest BCUT2D eigenvalue weighted by Crippen LogP contribution is -2.68. The van der Waals surface area contributed by atoms with Crippen LogP contribution in [0.25, 0.3) is 10.9 Å². The minimum absolute atomic E-state index is 0.123. The number of fused-ring (bicyclic) bond motifs is 2. The number of benzene rings is 4. The molecule has 0 bridgehead atoms. The first kappa shape index (κ1) is 43.0. The van der Waals surface area contributed by atoms with Gasteiger partial charge in [-0.3, -0.25) is 14.5 Å². The number of nitrogens with one attached hydrogen (secondary N) is 3. The Morgan fingerprint density at radius 3 is 2.11 bits per heavy atom. The highest BCUT2D eigenvalue weighted by Crippen LogP contribution is 2.38. The second-order valence-electron chi connectivity index (χ2n) is 18.2. The van der Waals surface area contributed by atoms with Crippen LogP contribution in [0.5, 0.6) is 0 Å². The summed E-state index contributed by atoms with van der Waals surface area (Å²) in [6, 6.07) is 38.4. The maximum atomic E-state index is 14.1. The Morgan fingerprint density at radius 1 is 0.852 bits per heavy atom. The highest BCUT2D eigenvalue weighted by molar-refractivity contribution is 7.13. The monoisotopic (exact) mass is 873 g/mol. The van der Waals surface area contributed by atoms with E-state index in [-0.39, 0.29) is 40.4 Å². The summed E-state index contributed by atoms with van der Waals surface area (Å²) in [5.41, 5.74) is 3.08. The molecule has 1 fully saturated rings. The second-order valence-corrected chi connectivity index (χ2v) is 24.1. The van der Waals surface area contributed by atoms with Crippen LogP contribution in [-0.2, 0) is 28.7 Å². The molecule has 8 rings (SSSR count). The van der Waals surface area contributed by atoms with E-state index in [1.807, 2.05) is 48.5 Å². The average Bonchev–Trinajstić information content (AvgIpc) is 3.98. The molecule has 1 aliphatic heterocycles. The van der Waals surface area contributed by atoms with Crippen LogP contribution in [0.2, 0.25) is 10.1 Å². The first-order valence-corrected chi connectivity index (χ1v) is 24.4. The molecule has 61 heavy (non-hydrogen) atoms. The number of thiazole rings is 1. The first-order chi connectivity index (χ1) is 29.3. The molecular formula is C49H56ClN5O4SSi. The van der Waals surface area contributed by atoms with Crippen LogP contribution in [0.3, 0.4) is 0 Å². The quantitative estimate of drug-likeness (QED) is 0.0949. The van der Waals surface area contributed by atoms with E-state index in [0.29, 0.717) is 54.9 Å². The number of nitrogens with zero attached hydrogens (tertiary/aromatic N) is 2. The third-order valence-corrected chi connectivity index (χ3v) is 18.7. The van der Waals surface area contributed by atoms with E-state index < -0.39 is 8.32 Å². The number of ether oxygens (including phenoxy) is 1. The molecule has 1 aliphatic carbocycles. The van der Waals surface area contributed by atoms with Gasteiger partial charge in [0.25, 0.3) is 20.1 Å². The van der Waals surface area contributed by atoms with Gasteiger partial charge in [0, 0.05) is 64.5 Å². The van der Waals surface area contributed by atoms with Gasteiger partial charge in [-0.1, -0.05) is 123 Å². The number of H-pyrrole nitrogens is 1. The molecule has 4 aromatic carbocycles. The third kappa shape index (κ3) is 9.43. The van der Waals surface area contributed by atoms with E-state index >= 15 is 0 Å². The number of hydrogen-bond acceptors (Lipinski definition) is 7. The van der Waals surface area contributed by atoms with Crippen molar-refractivity contribution >= 4 is 64.3 Å². The molecule has 3 atom stereocenters. The number of carbonyl (C=O) groups is 2. The third-order valence-electron chi connectivity index (χ3n) is 12.4. The van der Waals surface area contributed by atoms with Gasteiger partial charge in [0.15, 0.2) is 5.01 Å². The predicted molar refractivity (Wildman–Crippen MR) is 249 cm³/mol. The van der Waals surface area contributed by atoms with Gasteiger partial charge < -0.3 is 24.8 Å². The summed E-state index contributed by atoms with van der Waals surface area (Å²) >= 11 is 7.69. The van der Waals surface area contributed by atoms with Gasteiger partial charge in [0.2, 0.25) is 0 Å². The standard InChI is InChI=1S/C49H56ClN5O4SSi/c1-48(2,3)61(37-17-11-7-12-18-37,38-19-13-8-14-20-38)59-32-49(4,5)55-24-23-40-44(29-55)60-47(54-40)46(57)53-42-26-34(31-58-30-33-15-9-6-10-16-33)25-41(42)52-45(56)43-28-35-27-36(50)21-22-39(35)51-43/h6-22,27-28,34,41-42,51H,23-26,29-32H2,1-5H3,(H,52,56)(H,53,57). The highest BCUT2D eigenvalue weighted by atomic mass is 35.5. The lowest BCUT2D eigenvalue weighted by molar-refractivity contribution is 0.0530. The fourth-order valence-electron chi connectivity index (χ4n) is 9.16. The Kier molecular flexibility index (Phi) is 12.7. The Labute approximate surface area is 369 Å².